The van der Waals surface area contributed by atoms with Crippen LogP contribution in [-0.4, -0.2) is 40.7 Å². The van der Waals surface area contributed by atoms with Gasteiger partial charge in [0.2, 0.25) is 0 Å². The molecule has 0 atom stereocenters. The van der Waals surface area contributed by atoms with Gasteiger partial charge in [-0.2, -0.15) is 15.5 Å². The average molecular weight is 449 g/mol. The van der Waals surface area contributed by atoms with Gasteiger partial charge in [-0.25, -0.2) is 9.97 Å². The third-order valence-electron chi connectivity index (χ3n) is 5.48. The van der Waals surface area contributed by atoms with Gasteiger partial charge < -0.3 is 5.32 Å². The van der Waals surface area contributed by atoms with E-state index in [1.165, 1.54) is 6.92 Å². The highest BCUT2D eigenvalue weighted by Crippen LogP contribution is 2.28. The summed E-state index contributed by atoms with van der Waals surface area (Å²) in [5.41, 5.74) is 5.55. The Balaban J connectivity index is 1.60. The first kappa shape index (κ1) is 21.0. The van der Waals surface area contributed by atoms with Crippen molar-refractivity contribution in [3.63, 3.8) is 0 Å². The second-order valence-corrected chi connectivity index (χ2v) is 7.81. The lowest BCUT2D eigenvalue weighted by Gasteiger charge is -2.11. The summed E-state index contributed by atoms with van der Waals surface area (Å²) in [6.45, 7) is 5.13. The molecule has 0 bridgehead atoms. The molecule has 34 heavy (non-hydrogen) atoms. The molecule has 0 aliphatic carbocycles. The molecule has 0 aliphatic rings. The molecule has 0 saturated heterocycles. The lowest BCUT2D eigenvalue weighted by Crippen LogP contribution is -2.04. The Morgan fingerprint density at radius 1 is 1.12 bits per heavy atom. The number of pyridine rings is 1. The summed E-state index contributed by atoms with van der Waals surface area (Å²) in [6.07, 6.45) is 1.68. The molecule has 0 radical (unpaired) electrons. The zero-order chi connectivity index (χ0) is 23.8. The van der Waals surface area contributed by atoms with E-state index in [-0.39, 0.29) is 11.5 Å². The molecule has 0 fully saturated rings. The zero-order valence-electron chi connectivity index (χ0n) is 18.7. The largest absolute Gasteiger partial charge is 0.339 e. The fourth-order valence-electron chi connectivity index (χ4n) is 3.68. The monoisotopic (exact) mass is 449 g/mol. The first-order valence-electron chi connectivity index (χ1n) is 10.5. The van der Waals surface area contributed by atoms with Gasteiger partial charge in [0.1, 0.15) is 23.9 Å². The molecule has 10 nitrogen and oxygen atoms in total. The number of imidazole rings is 1. The van der Waals surface area contributed by atoms with Crippen LogP contribution in [0.1, 0.15) is 34.2 Å². The van der Waals surface area contributed by atoms with Crippen LogP contribution in [0, 0.1) is 25.2 Å². The second-order valence-electron chi connectivity index (χ2n) is 7.81. The standard InChI is InChI=1S/C24H19N9O/c1-13-4-8-21(31-29-13)27-16-5-7-18-20(10-16)33(12-26-18)22-9-6-17(15(3)34)24(28-22)23-14(2)19(11-25)30-32-23/h4-10,12H,1-3H3,(H,27,31)(H,30,32). The zero-order valence-corrected chi connectivity index (χ0v) is 18.7. The molecule has 0 saturated carbocycles. The molecular formula is C24H19N9O. The third kappa shape index (κ3) is 3.65. The van der Waals surface area contributed by atoms with Crippen molar-refractivity contribution >= 4 is 28.3 Å². The molecule has 5 rings (SSSR count). The summed E-state index contributed by atoms with van der Waals surface area (Å²) in [5.74, 6) is 1.07. The van der Waals surface area contributed by atoms with Crippen LogP contribution in [0.5, 0.6) is 0 Å². The Hall–Kier alpha value is -4.91. The molecule has 0 unspecified atom stereocenters. The van der Waals surface area contributed by atoms with Crippen molar-refractivity contribution in [2.45, 2.75) is 20.8 Å². The molecule has 10 heteroatoms. The summed E-state index contributed by atoms with van der Waals surface area (Å²) in [5, 5.41) is 27.6. The van der Waals surface area contributed by atoms with E-state index in [4.69, 9.17) is 4.98 Å². The topological polar surface area (TPSA) is 138 Å². The van der Waals surface area contributed by atoms with Crippen LogP contribution in [0.15, 0.2) is 48.8 Å². The molecule has 166 valence electrons. The second kappa shape index (κ2) is 8.22. The van der Waals surface area contributed by atoms with Crippen molar-refractivity contribution in [1.29, 1.82) is 5.26 Å². The maximum atomic E-state index is 12.3. The highest BCUT2D eigenvalue weighted by atomic mass is 16.1. The van der Waals surface area contributed by atoms with Crippen molar-refractivity contribution in [1.82, 2.24) is 34.9 Å². The summed E-state index contributed by atoms with van der Waals surface area (Å²) in [6, 6.07) is 15.0. The number of carbonyl (C=O) groups is 1. The summed E-state index contributed by atoms with van der Waals surface area (Å²) >= 11 is 0. The minimum Gasteiger partial charge on any atom is -0.339 e. The number of rotatable bonds is 5. The summed E-state index contributed by atoms with van der Waals surface area (Å²) < 4.78 is 1.84. The van der Waals surface area contributed by atoms with Gasteiger partial charge in [0.25, 0.3) is 0 Å². The Morgan fingerprint density at radius 2 is 1.97 bits per heavy atom. The van der Waals surface area contributed by atoms with Gasteiger partial charge in [-0.15, -0.1) is 5.10 Å². The quantitative estimate of drug-likeness (QED) is 0.384. The van der Waals surface area contributed by atoms with Gasteiger partial charge in [-0.3, -0.25) is 14.5 Å². The number of hydrogen-bond donors (Lipinski definition) is 2. The Kier molecular flexibility index (Phi) is 5.07. The lowest BCUT2D eigenvalue weighted by molar-refractivity contribution is 0.101. The molecule has 4 heterocycles. The number of H-pyrrole nitrogens is 1. The first-order valence-corrected chi connectivity index (χ1v) is 10.5. The summed E-state index contributed by atoms with van der Waals surface area (Å²) in [7, 11) is 0. The van der Waals surface area contributed by atoms with E-state index in [0.29, 0.717) is 34.2 Å². The molecule has 0 aliphatic heterocycles. The predicted molar refractivity (Wildman–Crippen MR) is 126 cm³/mol. The van der Waals surface area contributed by atoms with Gasteiger partial charge in [-0.05, 0) is 63.2 Å². The lowest BCUT2D eigenvalue weighted by atomic mass is 10.0. The Morgan fingerprint density at radius 3 is 2.68 bits per heavy atom. The van der Waals surface area contributed by atoms with Gasteiger partial charge in [0, 0.05) is 16.8 Å². The van der Waals surface area contributed by atoms with Crippen LogP contribution >= 0.6 is 0 Å². The number of benzene rings is 1. The third-order valence-corrected chi connectivity index (χ3v) is 5.48. The normalized spacial score (nSPS) is 10.9. The number of nitrogens with zero attached hydrogens (tertiary/aromatic N) is 7. The Bertz CT molecular complexity index is 1590. The molecule has 4 aromatic heterocycles. The maximum absolute atomic E-state index is 12.3. The van der Waals surface area contributed by atoms with Gasteiger partial charge in [-0.1, -0.05) is 0 Å². The smallest absolute Gasteiger partial charge is 0.165 e. The van der Waals surface area contributed by atoms with Gasteiger partial charge in [0.05, 0.1) is 22.4 Å². The van der Waals surface area contributed by atoms with E-state index < -0.39 is 0 Å². The number of anilines is 2. The number of fused-ring (bicyclic) bond motifs is 1. The SMILES string of the molecule is CC(=O)c1ccc(-n2cnc3ccc(Nc4ccc(C)nn4)cc32)nc1-c1[nH]nc(C#N)c1C. The highest BCUT2D eigenvalue weighted by Gasteiger charge is 2.19. The van der Waals surface area contributed by atoms with E-state index in [1.807, 2.05) is 47.9 Å². The number of aromatic amines is 1. The average Bonchev–Trinajstić information content (AvgIpc) is 3.43. The summed E-state index contributed by atoms with van der Waals surface area (Å²) in [4.78, 5) is 21.6. The molecular weight excluding hydrogens is 430 g/mol. The van der Waals surface area contributed by atoms with Crippen LogP contribution in [0.3, 0.4) is 0 Å². The van der Waals surface area contributed by atoms with Crippen molar-refractivity contribution in [2.75, 3.05) is 5.32 Å². The number of Topliss-reactive ketones (excluding diaryl/α,β-unsaturated/α-hetero) is 1. The number of aromatic nitrogens is 7. The van der Waals surface area contributed by atoms with Crippen LogP contribution in [0.4, 0.5) is 11.5 Å². The number of carbonyl (C=O) groups excluding carboxylic acids is 1. The highest BCUT2D eigenvalue weighted by molar-refractivity contribution is 6.00. The fourth-order valence-corrected chi connectivity index (χ4v) is 3.68. The van der Waals surface area contributed by atoms with Crippen LogP contribution in [-0.2, 0) is 0 Å². The van der Waals surface area contributed by atoms with E-state index in [1.54, 1.807) is 25.4 Å². The van der Waals surface area contributed by atoms with Gasteiger partial charge >= 0.3 is 0 Å². The Labute approximate surface area is 194 Å². The van der Waals surface area contributed by atoms with Gasteiger partial charge in [0.15, 0.2) is 17.3 Å². The number of ketones is 1. The first-order chi connectivity index (χ1) is 16.4. The van der Waals surface area contributed by atoms with E-state index >= 15 is 0 Å². The van der Waals surface area contributed by atoms with Crippen molar-refractivity contribution < 1.29 is 4.79 Å². The fraction of sp³-hybridized carbons (Fsp3) is 0.125. The number of nitrogens with one attached hydrogen (secondary N) is 2. The molecule has 0 amide bonds. The molecule has 2 N–H and O–H groups in total. The van der Waals surface area contributed by atoms with Crippen molar-refractivity contribution in [2.24, 2.45) is 0 Å². The molecule has 0 spiro atoms. The maximum Gasteiger partial charge on any atom is 0.165 e. The number of hydrogen-bond acceptors (Lipinski definition) is 8. The molecule has 5 aromatic rings. The van der Waals surface area contributed by atoms with Crippen LogP contribution in [0.2, 0.25) is 0 Å². The van der Waals surface area contributed by atoms with Crippen molar-refractivity contribution in [3.8, 4) is 23.3 Å². The van der Waals surface area contributed by atoms with Crippen LogP contribution < -0.4 is 5.32 Å². The minimum absolute atomic E-state index is 0.136. The minimum atomic E-state index is -0.136. The van der Waals surface area contributed by atoms with E-state index in [0.717, 1.165) is 22.4 Å². The number of aryl methyl sites for hydroxylation is 1. The predicted octanol–water partition coefficient (Wildman–Crippen LogP) is 4.04. The van der Waals surface area contributed by atoms with Crippen molar-refractivity contribution in [3.05, 3.63) is 71.3 Å². The number of nitriles is 1. The van der Waals surface area contributed by atoms with Crippen LogP contribution in [0.25, 0.3) is 28.2 Å². The molecule has 1 aromatic carbocycles. The van der Waals surface area contributed by atoms with E-state index in [2.05, 4.69) is 30.7 Å². The van der Waals surface area contributed by atoms with E-state index in [9.17, 15) is 10.1 Å².